The predicted octanol–water partition coefficient (Wildman–Crippen LogP) is 3.02. The molecule has 1 heterocycles. The van der Waals surface area contributed by atoms with Gasteiger partial charge in [0.25, 0.3) is 11.8 Å². The summed E-state index contributed by atoms with van der Waals surface area (Å²) >= 11 is 0. The minimum absolute atomic E-state index is 0.123. The van der Waals surface area contributed by atoms with Crippen molar-refractivity contribution >= 4 is 23.4 Å². The van der Waals surface area contributed by atoms with Crippen LogP contribution in [0.3, 0.4) is 0 Å². The van der Waals surface area contributed by atoms with Crippen molar-refractivity contribution in [1.82, 2.24) is 10.2 Å². The van der Waals surface area contributed by atoms with Crippen molar-refractivity contribution in [1.29, 1.82) is 0 Å². The molecule has 4 rings (SSSR count). The molecule has 1 aliphatic carbocycles. The summed E-state index contributed by atoms with van der Waals surface area (Å²) in [6.07, 6.45) is 0.275. The molecule has 1 fully saturated rings. The summed E-state index contributed by atoms with van der Waals surface area (Å²) < 4.78 is 55.4. The van der Waals surface area contributed by atoms with E-state index in [0.717, 1.165) is 0 Å². The highest BCUT2D eigenvalue weighted by molar-refractivity contribution is 6.07. The zero-order valence-corrected chi connectivity index (χ0v) is 17.2. The van der Waals surface area contributed by atoms with Crippen LogP contribution in [0.4, 0.5) is 17.6 Å². The Balaban J connectivity index is 1.44. The number of halogens is 4. The lowest BCUT2D eigenvalue weighted by Gasteiger charge is -2.29. The van der Waals surface area contributed by atoms with Crippen LogP contribution in [0.25, 0.3) is 0 Å². The van der Waals surface area contributed by atoms with Crippen molar-refractivity contribution in [3.8, 4) is 0 Å². The normalized spacial score (nSPS) is 18.5. The molecule has 0 bridgehead atoms. The van der Waals surface area contributed by atoms with E-state index in [0.29, 0.717) is 28.8 Å². The number of benzene rings is 2. The van der Waals surface area contributed by atoms with Crippen molar-refractivity contribution in [2.75, 3.05) is 0 Å². The second kappa shape index (κ2) is 8.42. The largest absolute Gasteiger partial charge is 0.352 e. The molecule has 172 valence electrons. The van der Waals surface area contributed by atoms with E-state index in [9.17, 15) is 36.7 Å². The summed E-state index contributed by atoms with van der Waals surface area (Å²) in [5.74, 6) is -9.39. The summed E-state index contributed by atoms with van der Waals surface area (Å²) in [6.45, 7) is -0.201. The maximum absolute atomic E-state index is 14.4. The van der Waals surface area contributed by atoms with Crippen molar-refractivity contribution in [3.05, 3.63) is 70.3 Å². The number of nitrogens with one attached hydrogen (secondary N) is 1. The van der Waals surface area contributed by atoms with Crippen LogP contribution >= 0.6 is 0 Å². The number of carbonyl (C=O) groups is 4. The number of fused-ring (bicyclic) bond motifs is 1. The van der Waals surface area contributed by atoms with E-state index < -0.39 is 35.1 Å². The smallest absolute Gasteiger partial charge is 0.346 e. The Morgan fingerprint density at radius 3 is 2.55 bits per heavy atom. The molecule has 1 N–H and O–H groups in total. The Morgan fingerprint density at radius 1 is 1.09 bits per heavy atom. The molecule has 0 spiro atoms. The van der Waals surface area contributed by atoms with Gasteiger partial charge in [0, 0.05) is 31.1 Å². The molecule has 33 heavy (non-hydrogen) atoms. The number of hydrogen-bond donors (Lipinski definition) is 1. The minimum Gasteiger partial charge on any atom is -0.346 e. The number of Topliss-reactive ketones (excluding diaryl/α,β-unsaturated/α-hetero) is 2. The van der Waals surface area contributed by atoms with E-state index in [1.54, 1.807) is 6.07 Å². The monoisotopic (exact) mass is 462 g/mol. The maximum atomic E-state index is 14.4. The highest BCUT2D eigenvalue weighted by Crippen LogP contribution is 2.32. The third kappa shape index (κ3) is 4.24. The molecule has 0 saturated heterocycles. The fourth-order valence-electron chi connectivity index (χ4n) is 4.11. The third-order valence-corrected chi connectivity index (χ3v) is 5.83. The lowest BCUT2D eigenvalue weighted by molar-refractivity contribution is -0.147. The zero-order valence-electron chi connectivity index (χ0n) is 17.2. The molecule has 1 unspecified atom stereocenters. The Kier molecular flexibility index (Phi) is 5.77. The van der Waals surface area contributed by atoms with Gasteiger partial charge in [-0.3, -0.25) is 19.2 Å². The number of amides is 2. The van der Waals surface area contributed by atoms with Crippen LogP contribution in [0.1, 0.15) is 46.3 Å². The average Bonchev–Trinajstić information content (AvgIpc) is 3.07. The molecule has 2 aromatic carbocycles. The molecule has 2 amide bonds. The fraction of sp³-hybridized carbons (Fsp3) is 0.304. The summed E-state index contributed by atoms with van der Waals surface area (Å²) in [7, 11) is 0. The van der Waals surface area contributed by atoms with Crippen molar-refractivity contribution in [2.45, 2.75) is 44.3 Å². The van der Waals surface area contributed by atoms with Crippen LogP contribution in [0.2, 0.25) is 0 Å². The van der Waals surface area contributed by atoms with Gasteiger partial charge in [-0.1, -0.05) is 12.1 Å². The van der Waals surface area contributed by atoms with Gasteiger partial charge < -0.3 is 10.2 Å². The lowest BCUT2D eigenvalue weighted by Crippen LogP contribution is -2.44. The molecular formula is C23H18F4N2O4. The van der Waals surface area contributed by atoms with Gasteiger partial charge in [-0.2, -0.15) is 8.78 Å². The predicted molar refractivity (Wildman–Crippen MR) is 106 cm³/mol. The van der Waals surface area contributed by atoms with Crippen LogP contribution in [0, 0.1) is 11.6 Å². The molecule has 2 aromatic rings. The van der Waals surface area contributed by atoms with Gasteiger partial charge in [0.1, 0.15) is 17.4 Å². The first-order valence-electron chi connectivity index (χ1n) is 10.2. The number of hydrogen-bond acceptors (Lipinski definition) is 4. The Bertz CT molecular complexity index is 1180. The molecule has 10 heteroatoms. The Labute approximate surface area is 185 Å². The summed E-state index contributed by atoms with van der Waals surface area (Å²) in [5.41, 5.74) is 0.0887. The number of nitrogens with zero attached hydrogens (tertiary/aromatic N) is 1. The van der Waals surface area contributed by atoms with Crippen molar-refractivity contribution in [3.63, 3.8) is 0 Å². The topological polar surface area (TPSA) is 83.6 Å². The molecule has 0 radical (unpaired) electrons. The van der Waals surface area contributed by atoms with E-state index in [2.05, 4.69) is 0 Å². The molecule has 1 saturated carbocycles. The number of ketones is 2. The summed E-state index contributed by atoms with van der Waals surface area (Å²) in [4.78, 5) is 49.8. The standard InChI is InChI=1S/C23H18F4N2O4/c24-14-2-5-17(18(25)8-14)23(26,27)22(33)28-10-12-1-4-16-13(7-12)11-29(21(16)32)19-6-3-15(30)9-20(19)31/h1-2,4-5,7-8,19H,3,6,9-11H2,(H,28,33). The highest BCUT2D eigenvalue weighted by Gasteiger charge is 2.43. The van der Waals surface area contributed by atoms with Gasteiger partial charge in [-0.05, 0) is 35.7 Å². The van der Waals surface area contributed by atoms with Crippen LogP contribution in [-0.2, 0) is 33.4 Å². The number of carbonyl (C=O) groups excluding carboxylic acids is 4. The van der Waals surface area contributed by atoms with Crippen LogP contribution < -0.4 is 5.32 Å². The fourth-order valence-corrected chi connectivity index (χ4v) is 4.11. The molecule has 1 atom stereocenters. The lowest BCUT2D eigenvalue weighted by atomic mass is 9.92. The Morgan fingerprint density at radius 2 is 1.85 bits per heavy atom. The van der Waals surface area contributed by atoms with E-state index in [4.69, 9.17) is 0 Å². The first kappa shape index (κ1) is 22.6. The SMILES string of the molecule is O=C1CCC(N2Cc3cc(CNC(=O)C(F)(F)c4ccc(F)cc4F)ccc3C2=O)C(=O)C1. The summed E-state index contributed by atoms with van der Waals surface area (Å²) in [5, 5.41) is 2.03. The number of alkyl halides is 2. The Hall–Kier alpha value is -3.56. The second-order valence-corrected chi connectivity index (χ2v) is 8.04. The van der Waals surface area contributed by atoms with E-state index in [1.807, 2.05) is 5.32 Å². The third-order valence-electron chi connectivity index (χ3n) is 5.83. The molecular weight excluding hydrogens is 444 g/mol. The zero-order chi connectivity index (χ0) is 23.9. The van der Waals surface area contributed by atoms with E-state index in [1.165, 1.54) is 17.0 Å². The van der Waals surface area contributed by atoms with Crippen molar-refractivity contribution < 1.29 is 36.7 Å². The van der Waals surface area contributed by atoms with Gasteiger partial charge in [-0.15, -0.1) is 0 Å². The molecule has 0 aromatic heterocycles. The van der Waals surface area contributed by atoms with Crippen LogP contribution in [0.15, 0.2) is 36.4 Å². The van der Waals surface area contributed by atoms with Gasteiger partial charge in [-0.25, -0.2) is 8.78 Å². The molecule has 2 aliphatic rings. The average molecular weight is 462 g/mol. The minimum atomic E-state index is -4.22. The molecule has 6 nitrogen and oxygen atoms in total. The van der Waals surface area contributed by atoms with Gasteiger partial charge in [0.05, 0.1) is 18.0 Å². The molecule has 1 aliphatic heterocycles. The maximum Gasteiger partial charge on any atom is 0.352 e. The first-order chi connectivity index (χ1) is 15.6. The highest BCUT2D eigenvalue weighted by atomic mass is 19.3. The quantitative estimate of drug-likeness (QED) is 0.547. The van der Waals surface area contributed by atoms with E-state index in [-0.39, 0.29) is 55.9 Å². The van der Waals surface area contributed by atoms with Crippen molar-refractivity contribution in [2.24, 2.45) is 0 Å². The van der Waals surface area contributed by atoms with Gasteiger partial charge in [0.15, 0.2) is 5.78 Å². The van der Waals surface area contributed by atoms with E-state index >= 15 is 0 Å². The van der Waals surface area contributed by atoms with Crippen LogP contribution in [0.5, 0.6) is 0 Å². The first-order valence-corrected chi connectivity index (χ1v) is 10.2. The van der Waals surface area contributed by atoms with Gasteiger partial charge in [0.2, 0.25) is 0 Å². The number of rotatable bonds is 5. The van der Waals surface area contributed by atoms with Crippen LogP contribution in [-0.4, -0.2) is 34.3 Å². The second-order valence-electron chi connectivity index (χ2n) is 8.04. The summed E-state index contributed by atoms with van der Waals surface area (Å²) in [6, 6.07) is 5.25. The van der Waals surface area contributed by atoms with Gasteiger partial charge >= 0.3 is 5.92 Å².